The van der Waals surface area contributed by atoms with Crippen molar-refractivity contribution in [1.82, 2.24) is 9.80 Å². The van der Waals surface area contributed by atoms with Crippen LogP contribution in [-0.4, -0.2) is 53.3 Å². The van der Waals surface area contributed by atoms with Gasteiger partial charge in [0, 0.05) is 19.3 Å². The minimum Gasteiger partial charge on any atom is -0.313 e. The molecule has 1 heterocycles. The quantitative estimate of drug-likeness (QED) is 0.763. The number of nitrogens with zero attached hydrogens (tertiary/aromatic N) is 3. The average Bonchev–Trinajstić information content (AvgIpc) is 2.79. The van der Waals surface area contributed by atoms with Crippen LogP contribution in [0, 0.1) is 13.8 Å². The highest BCUT2D eigenvalue weighted by atomic mass is 16.2. The van der Waals surface area contributed by atoms with Crippen molar-refractivity contribution in [3.05, 3.63) is 29.3 Å². The lowest BCUT2D eigenvalue weighted by molar-refractivity contribution is -0.136. The molecule has 146 valence electrons. The summed E-state index contributed by atoms with van der Waals surface area (Å²) in [6.07, 6.45) is 4.34. The van der Waals surface area contributed by atoms with E-state index in [1.54, 1.807) is 16.8 Å². The summed E-state index contributed by atoms with van der Waals surface area (Å²) >= 11 is 0. The molecule has 0 radical (unpaired) electrons. The largest absolute Gasteiger partial charge is 0.327 e. The fourth-order valence-corrected chi connectivity index (χ4v) is 4.50. The Morgan fingerprint density at radius 3 is 2.22 bits per heavy atom. The van der Waals surface area contributed by atoms with Gasteiger partial charge in [0.2, 0.25) is 5.91 Å². The second-order valence-electron chi connectivity index (χ2n) is 7.81. The molecule has 6 heteroatoms. The molecular weight excluding hydrogens is 342 g/mol. The highest BCUT2D eigenvalue weighted by molar-refractivity contribution is 6.10. The summed E-state index contributed by atoms with van der Waals surface area (Å²) in [5.74, 6) is -0.440. The van der Waals surface area contributed by atoms with E-state index in [0.29, 0.717) is 19.4 Å². The van der Waals surface area contributed by atoms with Crippen LogP contribution in [-0.2, 0) is 9.59 Å². The summed E-state index contributed by atoms with van der Waals surface area (Å²) < 4.78 is 0. The number of urea groups is 1. The van der Waals surface area contributed by atoms with Crippen LogP contribution < -0.4 is 4.90 Å². The topological polar surface area (TPSA) is 60.9 Å². The van der Waals surface area contributed by atoms with Gasteiger partial charge in [0.25, 0.3) is 5.91 Å². The first-order valence-corrected chi connectivity index (χ1v) is 9.78. The van der Waals surface area contributed by atoms with E-state index in [0.717, 1.165) is 41.0 Å². The minimum absolute atomic E-state index is 0.204. The standard InChI is InChI=1S/C21H29N3O3/c1-5-23(17-12-15(2)11-16(3)13-17)18(25)14-24-19(26)21(22(4)20(24)27)9-7-6-8-10-21/h11-13H,5-10,14H2,1-4H3. The van der Waals surface area contributed by atoms with Gasteiger partial charge in [0.15, 0.2) is 0 Å². The Kier molecular flexibility index (Phi) is 5.27. The molecule has 0 aromatic heterocycles. The number of imide groups is 1. The maximum Gasteiger partial charge on any atom is 0.327 e. The number of amides is 4. The Morgan fingerprint density at radius 1 is 1.07 bits per heavy atom. The smallest absolute Gasteiger partial charge is 0.313 e. The van der Waals surface area contributed by atoms with Gasteiger partial charge in [-0.25, -0.2) is 4.79 Å². The van der Waals surface area contributed by atoms with Crippen LogP contribution in [0.15, 0.2) is 18.2 Å². The van der Waals surface area contributed by atoms with Gasteiger partial charge >= 0.3 is 6.03 Å². The number of carbonyl (C=O) groups excluding carboxylic acids is 3. The number of benzene rings is 1. The van der Waals surface area contributed by atoms with Crippen LogP contribution in [0.2, 0.25) is 0 Å². The molecule has 1 spiro atoms. The van der Waals surface area contributed by atoms with Gasteiger partial charge in [0.05, 0.1) is 0 Å². The van der Waals surface area contributed by atoms with E-state index >= 15 is 0 Å². The van der Waals surface area contributed by atoms with Crippen molar-refractivity contribution in [2.75, 3.05) is 25.0 Å². The minimum atomic E-state index is -0.743. The molecule has 1 saturated heterocycles. The van der Waals surface area contributed by atoms with Crippen LogP contribution >= 0.6 is 0 Å². The molecule has 6 nitrogen and oxygen atoms in total. The Balaban J connectivity index is 1.82. The Hall–Kier alpha value is -2.37. The molecule has 1 aliphatic heterocycles. The molecule has 2 fully saturated rings. The highest BCUT2D eigenvalue weighted by Gasteiger charge is 2.56. The van der Waals surface area contributed by atoms with Crippen LogP contribution in [0.4, 0.5) is 10.5 Å². The molecule has 2 aliphatic rings. The molecule has 0 unspecified atom stereocenters. The number of likely N-dealkylation sites (N-methyl/N-ethyl adjacent to an activating group) is 2. The predicted octanol–water partition coefficient (Wildman–Crippen LogP) is 3.25. The molecule has 0 bridgehead atoms. The maximum atomic E-state index is 13.1. The molecule has 1 saturated carbocycles. The van der Waals surface area contributed by atoms with Crippen molar-refractivity contribution in [3.8, 4) is 0 Å². The summed E-state index contributed by atoms with van der Waals surface area (Å²) in [5, 5.41) is 0. The van der Waals surface area contributed by atoms with Gasteiger partial charge in [0.1, 0.15) is 12.1 Å². The highest BCUT2D eigenvalue weighted by Crippen LogP contribution is 2.39. The van der Waals surface area contributed by atoms with Crippen LogP contribution in [0.3, 0.4) is 0 Å². The predicted molar refractivity (Wildman–Crippen MR) is 105 cm³/mol. The number of hydrogen-bond donors (Lipinski definition) is 0. The van der Waals surface area contributed by atoms with Crippen LogP contribution in [0.5, 0.6) is 0 Å². The first kappa shape index (κ1) is 19.4. The number of carbonyl (C=O) groups is 3. The normalized spacial score (nSPS) is 19.1. The monoisotopic (exact) mass is 371 g/mol. The fraction of sp³-hybridized carbons (Fsp3) is 0.571. The zero-order chi connectivity index (χ0) is 19.8. The average molecular weight is 371 g/mol. The molecule has 3 rings (SSSR count). The number of hydrogen-bond acceptors (Lipinski definition) is 3. The first-order chi connectivity index (χ1) is 12.8. The zero-order valence-corrected chi connectivity index (χ0v) is 16.7. The van der Waals surface area contributed by atoms with E-state index in [4.69, 9.17) is 0 Å². The molecule has 0 N–H and O–H groups in total. The lowest BCUT2D eigenvalue weighted by atomic mass is 9.81. The van der Waals surface area contributed by atoms with Gasteiger partial charge in [-0.05, 0) is 56.9 Å². The summed E-state index contributed by atoms with van der Waals surface area (Å²) in [6.45, 7) is 6.16. The second-order valence-corrected chi connectivity index (χ2v) is 7.81. The van der Waals surface area contributed by atoms with Crippen molar-refractivity contribution in [3.63, 3.8) is 0 Å². The molecule has 4 amide bonds. The van der Waals surface area contributed by atoms with Crippen molar-refractivity contribution in [2.45, 2.75) is 58.4 Å². The van der Waals surface area contributed by atoms with E-state index in [1.807, 2.05) is 32.9 Å². The molecule has 1 aromatic carbocycles. The van der Waals surface area contributed by atoms with E-state index in [9.17, 15) is 14.4 Å². The lowest BCUT2D eigenvalue weighted by Gasteiger charge is -2.35. The summed E-state index contributed by atoms with van der Waals surface area (Å²) in [6, 6.07) is 5.61. The van der Waals surface area contributed by atoms with Crippen molar-refractivity contribution in [1.29, 1.82) is 0 Å². The summed E-state index contributed by atoms with van der Waals surface area (Å²) in [4.78, 5) is 43.2. The van der Waals surface area contributed by atoms with E-state index < -0.39 is 5.54 Å². The maximum absolute atomic E-state index is 13.1. The van der Waals surface area contributed by atoms with Crippen molar-refractivity contribution < 1.29 is 14.4 Å². The van der Waals surface area contributed by atoms with E-state index in [2.05, 4.69) is 6.07 Å². The second kappa shape index (κ2) is 7.33. The number of aryl methyl sites for hydroxylation is 2. The Morgan fingerprint density at radius 2 is 1.67 bits per heavy atom. The van der Waals surface area contributed by atoms with Crippen LogP contribution in [0.25, 0.3) is 0 Å². The fourth-order valence-electron chi connectivity index (χ4n) is 4.50. The Bertz CT molecular complexity index is 748. The SMILES string of the molecule is CCN(C(=O)CN1C(=O)N(C)C2(CCCCC2)C1=O)c1cc(C)cc(C)c1. The Labute approximate surface area is 161 Å². The third kappa shape index (κ3) is 3.33. The molecule has 1 aromatic rings. The van der Waals surface area contributed by atoms with Gasteiger partial charge in [-0.15, -0.1) is 0 Å². The number of anilines is 1. The van der Waals surface area contributed by atoms with Gasteiger partial charge < -0.3 is 9.80 Å². The van der Waals surface area contributed by atoms with E-state index in [1.165, 1.54) is 0 Å². The summed E-state index contributed by atoms with van der Waals surface area (Å²) in [7, 11) is 1.69. The van der Waals surface area contributed by atoms with E-state index in [-0.39, 0.29) is 24.4 Å². The van der Waals surface area contributed by atoms with Crippen molar-refractivity contribution in [2.24, 2.45) is 0 Å². The molecule has 0 atom stereocenters. The van der Waals surface area contributed by atoms with Gasteiger partial charge in [-0.1, -0.05) is 25.3 Å². The number of rotatable bonds is 4. The zero-order valence-electron chi connectivity index (χ0n) is 16.7. The lowest BCUT2D eigenvalue weighted by Crippen LogP contribution is -2.49. The van der Waals surface area contributed by atoms with Crippen molar-refractivity contribution >= 4 is 23.5 Å². The molecule has 27 heavy (non-hydrogen) atoms. The molecular formula is C21H29N3O3. The molecule has 1 aliphatic carbocycles. The van der Waals surface area contributed by atoms with Gasteiger partial charge in [-0.2, -0.15) is 0 Å². The van der Waals surface area contributed by atoms with Gasteiger partial charge in [-0.3, -0.25) is 14.5 Å². The first-order valence-electron chi connectivity index (χ1n) is 9.78. The third-order valence-electron chi connectivity index (χ3n) is 5.91. The summed E-state index contributed by atoms with van der Waals surface area (Å²) in [5.41, 5.74) is 2.21. The third-order valence-corrected chi connectivity index (χ3v) is 5.91. The van der Waals surface area contributed by atoms with Crippen LogP contribution in [0.1, 0.15) is 50.2 Å².